The number of nitrogens with one attached hydrogen (secondary N) is 2. The first-order valence-corrected chi connectivity index (χ1v) is 7.69. The molecule has 116 valence electrons. The molecule has 7 nitrogen and oxygen atoms in total. The fourth-order valence-corrected chi connectivity index (χ4v) is 2.65. The third-order valence-corrected chi connectivity index (χ3v) is 4.11. The van der Waals surface area contributed by atoms with Gasteiger partial charge in [0.15, 0.2) is 0 Å². The number of hydrogen-bond donors (Lipinski definition) is 2. The molecular weight excluding hydrogens is 296 g/mol. The van der Waals surface area contributed by atoms with Crippen LogP contribution < -0.4 is 10.0 Å². The smallest absolute Gasteiger partial charge is 0.309 e. The Kier molecular flexibility index (Phi) is 5.86. The molecule has 1 amide bonds. The lowest BCUT2D eigenvalue weighted by atomic mass is 10.2. The molecule has 1 aromatic rings. The zero-order chi connectivity index (χ0) is 16.0. The number of anilines is 1. The largest absolute Gasteiger partial charge is 0.469 e. The van der Waals surface area contributed by atoms with Gasteiger partial charge in [0, 0.05) is 19.2 Å². The Labute approximate surface area is 123 Å². The topological polar surface area (TPSA) is 102 Å². The standard InChI is InChI=1S/C13H18N2O5S/c1-9(13(17)20-3)8-14-21(18,19)12-6-4-11(5-7-12)15-10(2)16/h4-7,9,14H,8H2,1-3H3,(H,15,16)/t9-/m1/s1. The molecule has 0 bridgehead atoms. The monoisotopic (exact) mass is 314 g/mol. The number of methoxy groups -OCH3 is 1. The van der Waals surface area contributed by atoms with Gasteiger partial charge in [0.05, 0.1) is 17.9 Å². The number of benzene rings is 1. The van der Waals surface area contributed by atoms with E-state index in [-0.39, 0.29) is 17.3 Å². The summed E-state index contributed by atoms with van der Waals surface area (Å²) < 4.78 is 30.9. The fourth-order valence-electron chi connectivity index (χ4n) is 1.52. The van der Waals surface area contributed by atoms with Crippen molar-refractivity contribution in [2.24, 2.45) is 5.92 Å². The second-order valence-corrected chi connectivity index (χ2v) is 6.25. The highest BCUT2D eigenvalue weighted by molar-refractivity contribution is 7.89. The maximum Gasteiger partial charge on any atom is 0.309 e. The van der Waals surface area contributed by atoms with E-state index in [0.29, 0.717) is 5.69 Å². The van der Waals surface area contributed by atoms with Crippen molar-refractivity contribution in [3.63, 3.8) is 0 Å². The first-order valence-electron chi connectivity index (χ1n) is 6.21. The van der Waals surface area contributed by atoms with Crippen molar-refractivity contribution in [1.29, 1.82) is 0 Å². The van der Waals surface area contributed by atoms with E-state index >= 15 is 0 Å². The minimum Gasteiger partial charge on any atom is -0.469 e. The maximum absolute atomic E-state index is 12.0. The highest BCUT2D eigenvalue weighted by atomic mass is 32.2. The van der Waals surface area contributed by atoms with E-state index in [1.54, 1.807) is 6.92 Å². The van der Waals surface area contributed by atoms with Crippen LogP contribution in [0.1, 0.15) is 13.8 Å². The summed E-state index contributed by atoms with van der Waals surface area (Å²) in [5.41, 5.74) is 0.504. The second kappa shape index (κ2) is 7.19. The van der Waals surface area contributed by atoms with E-state index in [9.17, 15) is 18.0 Å². The van der Waals surface area contributed by atoms with E-state index in [4.69, 9.17) is 0 Å². The summed E-state index contributed by atoms with van der Waals surface area (Å²) in [5, 5.41) is 2.54. The number of carbonyl (C=O) groups excluding carboxylic acids is 2. The number of carbonyl (C=O) groups is 2. The summed E-state index contributed by atoms with van der Waals surface area (Å²) in [7, 11) is -2.47. The number of rotatable bonds is 6. The molecule has 0 spiro atoms. The molecule has 0 aliphatic rings. The lowest BCUT2D eigenvalue weighted by Crippen LogP contribution is -2.32. The highest BCUT2D eigenvalue weighted by Crippen LogP contribution is 2.14. The van der Waals surface area contributed by atoms with Crippen LogP contribution in [0.3, 0.4) is 0 Å². The molecule has 2 N–H and O–H groups in total. The Morgan fingerprint density at radius 1 is 1.24 bits per heavy atom. The van der Waals surface area contributed by atoms with Crippen molar-refractivity contribution < 1.29 is 22.7 Å². The third kappa shape index (κ3) is 5.16. The Morgan fingerprint density at radius 3 is 2.29 bits per heavy atom. The lowest BCUT2D eigenvalue weighted by Gasteiger charge is -2.11. The van der Waals surface area contributed by atoms with Gasteiger partial charge in [-0.2, -0.15) is 0 Å². The van der Waals surface area contributed by atoms with Gasteiger partial charge in [-0.15, -0.1) is 0 Å². The molecule has 1 rings (SSSR count). The summed E-state index contributed by atoms with van der Waals surface area (Å²) >= 11 is 0. The molecule has 1 atom stereocenters. The van der Waals surface area contributed by atoms with Gasteiger partial charge >= 0.3 is 5.97 Å². The average molecular weight is 314 g/mol. The number of amides is 1. The first kappa shape index (κ1) is 17.1. The molecule has 0 radical (unpaired) electrons. The Morgan fingerprint density at radius 2 is 1.81 bits per heavy atom. The van der Waals surface area contributed by atoms with Crippen LogP contribution in [-0.2, 0) is 24.3 Å². The minimum absolute atomic E-state index is 0.0497. The molecular formula is C13H18N2O5S. The van der Waals surface area contributed by atoms with Crippen LogP contribution in [0.4, 0.5) is 5.69 Å². The zero-order valence-electron chi connectivity index (χ0n) is 12.0. The summed E-state index contributed by atoms with van der Waals surface area (Å²) in [4.78, 5) is 22.1. The van der Waals surface area contributed by atoms with Crippen LogP contribution in [-0.4, -0.2) is 33.9 Å². The Bertz CT molecular complexity index is 610. The van der Waals surface area contributed by atoms with Gasteiger partial charge < -0.3 is 10.1 Å². The molecule has 0 aromatic heterocycles. The zero-order valence-corrected chi connectivity index (χ0v) is 12.9. The molecule has 0 aliphatic carbocycles. The van der Waals surface area contributed by atoms with Crippen LogP contribution in [0.15, 0.2) is 29.2 Å². The van der Waals surface area contributed by atoms with Crippen molar-refractivity contribution >= 4 is 27.6 Å². The van der Waals surface area contributed by atoms with Gasteiger partial charge in [-0.05, 0) is 24.3 Å². The first-order chi connectivity index (χ1) is 9.76. The van der Waals surface area contributed by atoms with Gasteiger partial charge in [-0.1, -0.05) is 6.92 Å². The van der Waals surface area contributed by atoms with Crippen LogP contribution in [0.25, 0.3) is 0 Å². The van der Waals surface area contributed by atoms with Crippen molar-refractivity contribution in [3.8, 4) is 0 Å². The van der Waals surface area contributed by atoms with Crippen molar-refractivity contribution in [2.75, 3.05) is 19.0 Å². The van der Waals surface area contributed by atoms with Gasteiger partial charge in [-0.3, -0.25) is 9.59 Å². The predicted molar refractivity (Wildman–Crippen MR) is 77.1 cm³/mol. The Hall–Kier alpha value is -1.93. The molecule has 8 heteroatoms. The molecule has 0 aliphatic heterocycles. The summed E-state index contributed by atoms with van der Waals surface area (Å²) in [6.07, 6.45) is 0. The molecule has 1 aromatic carbocycles. The summed E-state index contributed by atoms with van der Waals surface area (Å²) in [6.45, 7) is 2.87. The van der Waals surface area contributed by atoms with Crippen LogP contribution in [0.2, 0.25) is 0 Å². The van der Waals surface area contributed by atoms with Crippen molar-refractivity contribution in [1.82, 2.24) is 4.72 Å². The normalized spacial score (nSPS) is 12.5. The van der Waals surface area contributed by atoms with Crippen LogP contribution >= 0.6 is 0 Å². The maximum atomic E-state index is 12.0. The van der Waals surface area contributed by atoms with Gasteiger partial charge in [0.25, 0.3) is 0 Å². The van der Waals surface area contributed by atoms with Gasteiger partial charge in [0.1, 0.15) is 0 Å². The molecule has 0 saturated carbocycles. The molecule has 0 unspecified atom stereocenters. The SMILES string of the molecule is COC(=O)[C@H](C)CNS(=O)(=O)c1ccc(NC(C)=O)cc1. The van der Waals surface area contributed by atoms with Crippen LogP contribution in [0, 0.1) is 5.92 Å². The minimum atomic E-state index is -3.71. The molecule has 0 fully saturated rings. The van der Waals surface area contributed by atoms with E-state index in [2.05, 4.69) is 14.8 Å². The third-order valence-electron chi connectivity index (χ3n) is 2.67. The average Bonchev–Trinajstić information content (AvgIpc) is 2.44. The summed E-state index contributed by atoms with van der Waals surface area (Å²) in [5.74, 6) is -1.31. The molecule has 0 heterocycles. The molecule has 0 saturated heterocycles. The van der Waals surface area contributed by atoms with Gasteiger partial charge in [-0.25, -0.2) is 13.1 Å². The molecule has 21 heavy (non-hydrogen) atoms. The number of esters is 1. The summed E-state index contributed by atoms with van der Waals surface area (Å²) in [6, 6.07) is 5.71. The fraction of sp³-hybridized carbons (Fsp3) is 0.385. The van der Waals surface area contributed by atoms with E-state index < -0.39 is 21.9 Å². The van der Waals surface area contributed by atoms with E-state index in [0.717, 1.165) is 0 Å². The van der Waals surface area contributed by atoms with E-state index in [1.807, 2.05) is 0 Å². The van der Waals surface area contributed by atoms with Crippen molar-refractivity contribution in [3.05, 3.63) is 24.3 Å². The number of ether oxygens (including phenoxy) is 1. The van der Waals surface area contributed by atoms with Crippen molar-refractivity contribution in [2.45, 2.75) is 18.7 Å². The van der Waals surface area contributed by atoms with E-state index in [1.165, 1.54) is 38.3 Å². The predicted octanol–water partition coefficient (Wildman–Crippen LogP) is 0.732. The number of hydrogen-bond acceptors (Lipinski definition) is 5. The lowest BCUT2D eigenvalue weighted by molar-refractivity contribution is -0.144. The Balaban J connectivity index is 2.74. The quantitative estimate of drug-likeness (QED) is 0.754. The number of sulfonamides is 1. The highest BCUT2D eigenvalue weighted by Gasteiger charge is 2.19. The second-order valence-electron chi connectivity index (χ2n) is 4.48. The van der Waals surface area contributed by atoms with Crippen LogP contribution in [0.5, 0.6) is 0 Å². The van der Waals surface area contributed by atoms with Gasteiger partial charge in [0.2, 0.25) is 15.9 Å².